The van der Waals surface area contributed by atoms with Gasteiger partial charge in [0.15, 0.2) is 5.78 Å². The summed E-state index contributed by atoms with van der Waals surface area (Å²) >= 11 is 0. The molecule has 0 radical (unpaired) electrons. The Hall–Kier alpha value is -2.88. The van der Waals surface area contributed by atoms with Crippen LogP contribution in [0, 0.1) is 0 Å². The Morgan fingerprint density at radius 3 is 2.36 bits per heavy atom. The third-order valence-electron chi connectivity index (χ3n) is 3.14. The number of ether oxygens (including phenoxy) is 2. The minimum Gasteiger partial charge on any atom is -0.497 e. The van der Waals surface area contributed by atoms with E-state index in [1.807, 2.05) is 6.07 Å². The molecule has 0 bridgehead atoms. The lowest BCUT2D eigenvalue weighted by Gasteiger charge is -2.08. The van der Waals surface area contributed by atoms with Gasteiger partial charge in [0, 0.05) is 17.2 Å². The highest BCUT2D eigenvalue weighted by Crippen LogP contribution is 2.22. The van der Waals surface area contributed by atoms with Crippen molar-refractivity contribution in [3.8, 4) is 5.75 Å². The van der Waals surface area contributed by atoms with Gasteiger partial charge in [-0.15, -0.1) is 0 Å². The van der Waals surface area contributed by atoms with Crippen LogP contribution in [0.1, 0.15) is 21.5 Å². The van der Waals surface area contributed by atoms with Crippen molar-refractivity contribution in [1.29, 1.82) is 0 Å². The van der Waals surface area contributed by atoms with Crippen molar-refractivity contribution in [1.82, 2.24) is 0 Å². The summed E-state index contributed by atoms with van der Waals surface area (Å²) in [6.45, 7) is 0. The third-order valence-corrected chi connectivity index (χ3v) is 3.14. The van der Waals surface area contributed by atoms with Crippen LogP contribution in [0.2, 0.25) is 0 Å². The summed E-state index contributed by atoms with van der Waals surface area (Å²) in [4.78, 5) is 23.9. The molecule has 0 aliphatic carbocycles. The van der Waals surface area contributed by atoms with Crippen molar-refractivity contribution in [2.24, 2.45) is 0 Å². The Morgan fingerprint density at radius 2 is 1.73 bits per heavy atom. The summed E-state index contributed by atoms with van der Waals surface area (Å²) in [5.41, 5.74) is 1.66. The van der Waals surface area contributed by atoms with Crippen molar-refractivity contribution in [3.05, 3.63) is 71.3 Å². The Balaban J connectivity index is 2.45. The molecule has 0 saturated carbocycles. The molecule has 0 aliphatic heterocycles. The number of carbonyl (C=O) groups excluding carboxylic acids is 2. The topological polar surface area (TPSA) is 52.6 Å². The average Bonchev–Trinajstić information content (AvgIpc) is 2.59. The molecule has 0 atom stereocenters. The molecule has 0 amide bonds. The van der Waals surface area contributed by atoms with Crippen LogP contribution in [0.15, 0.2) is 54.6 Å². The van der Waals surface area contributed by atoms with Gasteiger partial charge in [-0.05, 0) is 23.8 Å². The fraction of sp³-hybridized carbons (Fsp3) is 0.111. The molecule has 0 aliphatic rings. The maximum absolute atomic E-state index is 12.6. The highest BCUT2D eigenvalue weighted by Gasteiger charge is 2.13. The minimum absolute atomic E-state index is 0.135. The standard InChI is InChI=1S/C18H16O4/c1-21-15-10-8-13(9-11-17(19)22-2)16(12-15)18(20)14-6-4-3-5-7-14/h3-12H,1-2H3/b11-9+. The van der Waals surface area contributed by atoms with Gasteiger partial charge in [0.1, 0.15) is 5.75 Å². The van der Waals surface area contributed by atoms with Crippen LogP contribution in [0.5, 0.6) is 5.75 Å². The zero-order chi connectivity index (χ0) is 15.9. The predicted octanol–water partition coefficient (Wildman–Crippen LogP) is 3.11. The summed E-state index contributed by atoms with van der Waals surface area (Å²) in [6.07, 6.45) is 2.84. The van der Waals surface area contributed by atoms with Crippen molar-refractivity contribution in [2.45, 2.75) is 0 Å². The molecule has 2 rings (SSSR count). The molecule has 0 spiro atoms. The molecule has 0 saturated heterocycles. The molecule has 0 fully saturated rings. The van der Waals surface area contributed by atoms with E-state index in [4.69, 9.17) is 4.74 Å². The first-order valence-corrected chi connectivity index (χ1v) is 6.69. The number of benzene rings is 2. The summed E-state index contributed by atoms with van der Waals surface area (Å²) in [6, 6.07) is 14.1. The van der Waals surface area contributed by atoms with Crippen LogP contribution in [-0.2, 0) is 9.53 Å². The number of hydrogen-bond donors (Lipinski definition) is 0. The molecule has 0 N–H and O–H groups in total. The Bertz CT molecular complexity index is 702. The summed E-state index contributed by atoms with van der Waals surface area (Å²) in [7, 11) is 2.84. The second kappa shape index (κ2) is 7.22. The lowest BCUT2D eigenvalue weighted by Crippen LogP contribution is -2.04. The second-order valence-corrected chi connectivity index (χ2v) is 4.50. The molecule has 2 aromatic rings. The number of ketones is 1. The van der Waals surface area contributed by atoms with Gasteiger partial charge in [0.2, 0.25) is 0 Å². The lowest BCUT2D eigenvalue weighted by atomic mass is 9.97. The van der Waals surface area contributed by atoms with Crippen LogP contribution in [0.3, 0.4) is 0 Å². The first kappa shape index (κ1) is 15.5. The van der Waals surface area contributed by atoms with Crippen LogP contribution in [0.25, 0.3) is 6.08 Å². The minimum atomic E-state index is -0.478. The number of esters is 1. The average molecular weight is 296 g/mol. The molecular weight excluding hydrogens is 280 g/mol. The molecule has 0 unspecified atom stereocenters. The van der Waals surface area contributed by atoms with Gasteiger partial charge < -0.3 is 9.47 Å². The largest absolute Gasteiger partial charge is 0.497 e. The van der Waals surface area contributed by atoms with Gasteiger partial charge >= 0.3 is 5.97 Å². The number of carbonyl (C=O) groups is 2. The monoisotopic (exact) mass is 296 g/mol. The molecule has 112 valence electrons. The second-order valence-electron chi connectivity index (χ2n) is 4.50. The smallest absolute Gasteiger partial charge is 0.330 e. The molecule has 0 heterocycles. The van der Waals surface area contributed by atoms with E-state index in [9.17, 15) is 9.59 Å². The van der Waals surface area contributed by atoms with Gasteiger partial charge in [-0.1, -0.05) is 36.4 Å². The third kappa shape index (κ3) is 3.61. The fourth-order valence-electron chi connectivity index (χ4n) is 1.98. The first-order valence-electron chi connectivity index (χ1n) is 6.69. The highest BCUT2D eigenvalue weighted by atomic mass is 16.5. The van der Waals surface area contributed by atoms with Crippen molar-refractivity contribution < 1.29 is 19.1 Å². The van der Waals surface area contributed by atoms with Gasteiger partial charge in [-0.2, -0.15) is 0 Å². The van der Waals surface area contributed by atoms with Gasteiger partial charge in [0.25, 0.3) is 0 Å². The van der Waals surface area contributed by atoms with Gasteiger partial charge in [-0.3, -0.25) is 4.79 Å². The fourth-order valence-corrected chi connectivity index (χ4v) is 1.98. The van der Waals surface area contributed by atoms with Gasteiger partial charge in [0.05, 0.1) is 14.2 Å². The van der Waals surface area contributed by atoms with Crippen LogP contribution in [0.4, 0.5) is 0 Å². The predicted molar refractivity (Wildman–Crippen MR) is 83.9 cm³/mol. The van der Waals surface area contributed by atoms with Gasteiger partial charge in [-0.25, -0.2) is 4.79 Å². The van der Waals surface area contributed by atoms with Crippen molar-refractivity contribution >= 4 is 17.8 Å². The molecule has 2 aromatic carbocycles. The van der Waals surface area contributed by atoms with E-state index in [1.165, 1.54) is 20.3 Å². The van der Waals surface area contributed by atoms with E-state index >= 15 is 0 Å². The van der Waals surface area contributed by atoms with Crippen LogP contribution >= 0.6 is 0 Å². The zero-order valence-electron chi connectivity index (χ0n) is 12.4. The maximum atomic E-state index is 12.6. The molecule has 0 aromatic heterocycles. The Kier molecular flexibility index (Phi) is 5.09. The Morgan fingerprint density at radius 1 is 1.00 bits per heavy atom. The number of rotatable bonds is 5. The Labute approximate surface area is 129 Å². The quantitative estimate of drug-likeness (QED) is 0.483. The van der Waals surface area contributed by atoms with Crippen LogP contribution < -0.4 is 4.74 Å². The van der Waals surface area contributed by atoms with E-state index < -0.39 is 5.97 Å². The SMILES string of the molecule is COC(=O)/C=C/c1ccc(OC)cc1C(=O)c1ccccc1. The number of hydrogen-bond acceptors (Lipinski definition) is 4. The van der Waals surface area contributed by atoms with E-state index in [-0.39, 0.29) is 5.78 Å². The first-order chi connectivity index (χ1) is 10.7. The summed E-state index contributed by atoms with van der Waals surface area (Å²) in [5, 5.41) is 0. The van der Waals surface area contributed by atoms with Crippen molar-refractivity contribution in [3.63, 3.8) is 0 Å². The number of methoxy groups -OCH3 is 2. The maximum Gasteiger partial charge on any atom is 0.330 e. The van der Waals surface area contributed by atoms with E-state index in [2.05, 4.69) is 4.74 Å². The molecular formula is C18H16O4. The lowest BCUT2D eigenvalue weighted by molar-refractivity contribution is -0.134. The van der Waals surface area contributed by atoms with Crippen molar-refractivity contribution in [2.75, 3.05) is 14.2 Å². The highest BCUT2D eigenvalue weighted by molar-refractivity contribution is 6.11. The summed E-state index contributed by atoms with van der Waals surface area (Å²) < 4.78 is 9.74. The zero-order valence-corrected chi connectivity index (χ0v) is 12.4. The van der Waals surface area contributed by atoms with Crippen LogP contribution in [-0.4, -0.2) is 26.0 Å². The molecule has 22 heavy (non-hydrogen) atoms. The van der Waals surface area contributed by atoms with E-state index in [1.54, 1.807) is 48.5 Å². The summed E-state index contributed by atoms with van der Waals surface area (Å²) in [5.74, 6) is -0.0348. The molecule has 4 nitrogen and oxygen atoms in total. The van der Waals surface area contributed by atoms with E-state index in [0.717, 1.165) is 0 Å². The molecule has 4 heteroatoms. The normalized spacial score (nSPS) is 10.5. The van der Waals surface area contributed by atoms with E-state index in [0.29, 0.717) is 22.4 Å².